The van der Waals surface area contributed by atoms with E-state index in [1.54, 1.807) is 32.4 Å². The van der Waals surface area contributed by atoms with Gasteiger partial charge in [0, 0.05) is 6.07 Å². The number of rotatable bonds is 5. The molecule has 3 aromatic carbocycles. The number of carbonyl (C=O) groups excluding carboxylic acids is 1. The zero-order valence-electron chi connectivity index (χ0n) is 13.7. The van der Waals surface area contributed by atoms with Crippen molar-refractivity contribution >= 4 is 22.4 Å². The number of carbonyl (C=O) groups is 1. The molecule has 0 aromatic heterocycles. The average Bonchev–Trinajstić information content (AvgIpc) is 2.61. The fourth-order valence-electron chi connectivity index (χ4n) is 2.64. The van der Waals surface area contributed by atoms with Crippen molar-refractivity contribution in [1.29, 1.82) is 0 Å². The highest BCUT2D eigenvalue weighted by molar-refractivity contribution is 5.94. The highest BCUT2D eigenvalue weighted by Crippen LogP contribution is 2.29. The van der Waals surface area contributed by atoms with E-state index >= 15 is 0 Å². The third kappa shape index (κ3) is 3.49. The standard InChI is InChI=1S/C20H19NO3/c1-23-17-9-10-19(24-2)18(13-17)21-20(22)12-14-7-8-15-5-3-4-6-16(15)11-14/h3-11,13H,12H2,1-2H3,(H,21,22). The zero-order chi connectivity index (χ0) is 16.9. The lowest BCUT2D eigenvalue weighted by atomic mass is 10.0. The molecule has 0 aliphatic heterocycles. The van der Waals surface area contributed by atoms with Gasteiger partial charge in [0.05, 0.1) is 26.3 Å². The number of hydrogen-bond acceptors (Lipinski definition) is 3. The molecule has 24 heavy (non-hydrogen) atoms. The molecule has 3 aromatic rings. The molecule has 0 aliphatic rings. The van der Waals surface area contributed by atoms with E-state index in [-0.39, 0.29) is 5.91 Å². The van der Waals surface area contributed by atoms with E-state index in [9.17, 15) is 4.79 Å². The fraction of sp³-hybridized carbons (Fsp3) is 0.150. The van der Waals surface area contributed by atoms with Crippen molar-refractivity contribution < 1.29 is 14.3 Å². The molecule has 3 rings (SSSR count). The van der Waals surface area contributed by atoms with Crippen LogP contribution in [0.1, 0.15) is 5.56 Å². The van der Waals surface area contributed by atoms with Gasteiger partial charge in [-0.2, -0.15) is 0 Å². The third-order valence-corrected chi connectivity index (χ3v) is 3.86. The summed E-state index contributed by atoms with van der Waals surface area (Å²) in [6, 6.07) is 19.4. The first-order valence-electron chi connectivity index (χ1n) is 7.69. The molecule has 0 spiro atoms. The Kier molecular flexibility index (Phi) is 4.66. The van der Waals surface area contributed by atoms with E-state index in [4.69, 9.17) is 9.47 Å². The molecule has 0 heterocycles. The molecule has 0 bridgehead atoms. The lowest BCUT2D eigenvalue weighted by Crippen LogP contribution is -2.15. The summed E-state index contributed by atoms with van der Waals surface area (Å²) in [7, 11) is 3.16. The monoisotopic (exact) mass is 321 g/mol. The molecule has 0 saturated carbocycles. The Bertz CT molecular complexity index is 874. The Hall–Kier alpha value is -3.01. The second-order valence-electron chi connectivity index (χ2n) is 5.47. The van der Waals surface area contributed by atoms with Gasteiger partial charge in [-0.15, -0.1) is 0 Å². The Morgan fingerprint density at radius 3 is 2.46 bits per heavy atom. The second-order valence-corrected chi connectivity index (χ2v) is 5.47. The van der Waals surface area contributed by atoms with Gasteiger partial charge in [0.1, 0.15) is 11.5 Å². The van der Waals surface area contributed by atoms with Gasteiger partial charge in [0.25, 0.3) is 0 Å². The SMILES string of the molecule is COc1ccc(OC)c(NC(=O)Cc2ccc3ccccc3c2)c1. The van der Waals surface area contributed by atoms with Crippen LogP contribution in [0.3, 0.4) is 0 Å². The van der Waals surface area contributed by atoms with E-state index in [1.807, 2.05) is 36.4 Å². The number of anilines is 1. The smallest absolute Gasteiger partial charge is 0.228 e. The zero-order valence-corrected chi connectivity index (χ0v) is 13.7. The topological polar surface area (TPSA) is 47.6 Å². The minimum Gasteiger partial charge on any atom is -0.497 e. The van der Waals surface area contributed by atoms with Gasteiger partial charge in [-0.25, -0.2) is 0 Å². The van der Waals surface area contributed by atoms with E-state index in [0.29, 0.717) is 23.6 Å². The van der Waals surface area contributed by atoms with Crippen LogP contribution in [0, 0.1) is 0 Å². The number of ether oxygens (including phenoxy) is 2. The quantitative estimate of drug-likeness (QED) is 0.771. The van der Waals surface area contributed by atoms with Crippen molar-refractivity contribution in [2.75, 3.05) is 19.5 Å². The van der Waals surface area contributed by atoms with Crippen LogP contribution in [0.15, 0.2) is 60.7 Å². The molecular formula is C20H19NO3. The fourth-order valence-corrected chi connectivity index (χ4v) is 2.64. The average molecular weight is 321 g/mol. The Morgan fingerprint density at radius 1 is 0.917 bits per heavy atom. The summed E-state index contributed by atoms with van der Waals surface area (Å²) < 4.78 is 10.5. The van der Waals surface area contributed by atoms with E-state index in [0.717, 1.165) is 16.3 Å². The predicted molar refractivity (Wildman–Crippen MR) is 95.8 cm³/mol. The lowest BCUT2D eigenvalue weighted by molar-refractivity contribution is -0.115. The summed E-state index contributed by atoms with van der Waals surface area (Å²) in [6.07, 6.45) is 0.297. The minimum atomic E-state index is -0.100. The van der Waals surface area contributed by atoms with Crippen LogP contribution in [0.25, 0.3) is 10.8 Å². The van der Waals surface area contributed by atoms with Gasteiger partial charge in [-0.1, -0.05) is 42.5 Å². The normalized spacial score (nSPS) is 10.4. The van der Waals surface area contributed by atoms with Gasteiger partial charge in [-0.05, 0) is 28.5 Å². The molecule has 0 saturated heterocycles. The van der Waals surface area contributed by atoms with Crippen molar-refractivity contribution in [3.63, 3.8) is 0 Å². The number of methoxy groups -OCH3 is 2. The van der Waals surface area contributed by atoms with Crippen molar-refractivity contribution in [3.05, 3.63) is 66.2 Å². The summed E-state index contributed by atoms with van der Waals surface area (Å²) in [6.45, 7) is 0. The number of amides is 1. The van der Waals surface area contributed by atoms with Crippen LogP contribution in [0.4, 0.5) is 5.69 Å². The van der Waals surface area contributed by atoms with Crippen LogP contribution >= 0.6 is 0 Å². The highest BCUT2D eigenvalue weighted by Gasteiger charge is 2.10. The molecular weight excluding hydrogens is 302 g/mol. The molecule has 0 fully saturated rings. The lowest BCUT2D eigenvalue weighted by Gasteiger charge is -2.12. The molecule has 4 nitrogen and oxygen atoms in total. The first kappa shape index (κ1) is 15.9. The van der Waals surface area contributed by atoms with Gasteiger partial charge in [-0.3, -0.25) is 4.79 Å². The van der Waals surface area contributed by atoms with E-state index < -0.39 is 0 Å². The maximum atomic E-state index is 12.4. The minimum absolute atomic E-state index is 0.100. The second kappa shape index (κ2) is 7.04. The maximum absolute atomic E-state index is 12.4. The number of hydrogen-bond donors (Lipinski definition) is 1. The molecule has 0 aliphatic carbocycles. The first-order valence-corrected chi connectivity index (χ1v) is 7.69. The molecule has 0 atom stereocenters. The first-order chi connectivity index (χ1) is 11.7. The van der Waals surface area contributed by atoms with Crippen molar-refractivity contribution in [2.24, 2.45) is 0 Å². The highest BCUT2D eigenvalue weighted by atomic mass is 16.5. The molecule has 0 unspecified atom stereocenters. The van der Waals surface area contributed by atoms with Crippen LogP contribution in [-0.4, -0.2) is 20.1 Å². The Labute approximate surface area is 141 Å². The Morgan fingerprint density at radius 2 is 1.71 bits per heavy atom. The van der Waals surface area contributed by atoms with E-state index in [2.05, 4.69) is 11.4 Å². The molecule has 4 heteroatoms. The largest absolute Gasteiger partial charge is 0.497 e. The van der Waals surface area contributed by atoms with Gasteiger partial charge >= 0.3 is 0 Å². The van der Waals surface area contributed by atoms with Crippen molar-refractivity contribution in [2.45, 2.75) is 6.42 Å². The summed E-state index contributed by atoms with van der Waals surface area (Å²) >= 11 is 0. The van der Waals surface area contributed by atoms with Crippen LogP contribution in [-0.2, 0) is 11.2 Å². The van der Waals surface area contributed by atoms with Crippen LogP contribution < -0.4 is 14.8 Å². The summed E-state index contributed by atoms with van der Waals surface area (Å²) in [5.74, 6) is 1.16. The van der Waals surface area contributed by atoms with Crippen molar-refractivity contribution in [1.82, 2.24) is 0 Å². The molecule has 1 amide bonds. The van der Waals surface area contributed by atoms with Crippen LogP contribution in [0.2, 0.25) is 0 Å². The van der Waals surface area contributed by atoms with Crippen molar-refractivity contribution in [3.8, 4) is 11.5 Å². The summed E-state index contributed by atoms with van der Waals surface area (Å²) in [4.78, 5) is 12.4. The van der Waals surface area contributed by atoms with Gasteiger partial charge in [0.15, 0.2) is 0 Å². The van der Waals surface area contributed by atoms with E-state index in [1.165, 1.54) is 0 Å². The number of nitrogens with one attached hydrogen (secondary N) is 1. The number of benzene rings is 3. The van der Waals surface area contributed by atoms with Gasteiger partial charge < -0.3 is 14.8 Å². The maximum Gasteiger partial charge on any atom is 0.228 e. The third-order valence-electron chi connectivity index (χ3n) is 3.86. The molecule has 0 radical (unpaired) electrons. The molecule has 122 valence electrons. The summed E-state index contributed by atoms with van der Waals surface area (Å²) in [5.41, 5.74) is 1.57. The summed E-state index contributed by atoms with van der Waals surface area (Å²) in [5, 5.41) is 5.18. The molecule has 1 N–H and O–H groups in total. The Balaban J connectivity index is 1.77. The van der Waals surface area contributed by atoms with Gasteiger partial charge in [0.2, 0.25) is 5.91 Å². The predicted octanol–water partition coefficient (Wildman–Crippen LogP) is 4.04. The van der Waals surface area contributed by atoms with Crippen LogP contribution in [0.5, 0.6) is 11.5 Å². The number of fused-ring (bicyclic) bond motifs is 1.